The standard InChI is InChI=1S/C3H2N2Se/c6-3-4-1-2-5-3/h1-2H. The Morgan fingerprint density at radius 2 is 1.83 bits per heavy atom. The molecule has 6 heavy (non-hydrogen) atoms. The average Bonchev–Trinajstić information content (AvgIpc) is 1.86. The maximum absolute atomic E-state index is 3.75. The van der Waals surface area contributed by atoms with Crippen molar-refractivity contribution in [2.24, 2.45) is 9.98 Å². The van der Waals surface area contributed by atoms with Crippen LogP contribution in [-0.4, -0.2) is 32.7 Å². The number of hydrogen-bond donors (Lipinski definition) is 0. The van der Waals surface area contributed by atoms with Crippen LogP contribution in [0.2, 0.25) is 0 Å². The number of aliphatic imine (C=N–C) groups is 2. The predicted octanol–water partition coefficient (Wildman–Crippen LogP) is -0.603. The molecule has 0 aliphatic carbocycles. The van der Waals surface area contributed by atoms with Crippen LogP contribution < -0.4 is 0 Å². The van der Waals surface area contributed by atoms with Crippen molar-refractivity contribution in [1.82, 2.24) is 0 Å². The van der Waals surface area contributed by atoms with Gasteiger partial charge in [0.2, 0.25) is 0 Å². The Labute approximate surface area is 43.4 Å². The van der Waals surface area contributed by atoms with Gasteiger partial charge in [-0.15, -0.1) is 0 Å². The first-order valence-corrected chi connectivity index (χ1v) is 2.36. The molecule has 1 aliphatic heterocycles. The summed E-state index contributed by atoms with van der Waals surface area (Å²) in [7, 11) is 0. The predicted molar refractivity (Wildman–Crippen MR) is 27.7 cm³/mol. The van der Waals surface area contributed by atoms with Gasteiger partial charge in [0, 0.05) is 0 Å². The topological polar surface area (TPSA) is 24.7 Å². The van der Waals surface area contributed by atoms with E-state index in [1.165, 1.54) is 0 Å². The molecule has 0 saturated heterocycles. The maximum atomic E-state index is 3.75. The first-order valence-electron chi connectivity index (χ1n) is 1.50. The fourth-order valence-electron chi connectivity index (χ4n) is 0.228. The molecular weight excluding hydrogens is 143 g/mol. The first kappa shape index (κ1) is 3.90. The van der Waals surface area contributed by atoms with E-state index in [4.69, 9.17) is 0 Å². The van der Waals surface area contributed by atoms with Crippen LogP contribution in [0.25, 0.3) is 0 Å². The van der Waals surface area contributed by atoms with E-state index in [0.29, 0.717) is 0 Å². The van der Waals surface area contributed by atoms with Gasteiger partial charge >= 0.3 is 42.7 Å². The second kappa shape index (κ2) is 1.45. The van der Waals surface area contributed by atoms with Crippen molar-refractivity contribution < 1.29 is 0 Å². The van der Waals surface area contributed by atoms with Gasteiger partial charge in [0.1, 0.15) is 0 Å². The van der Waals surface area contributed by atoms with E-state index in [1.54, 1.807) is 12.4 Å². The van der Waals surface area contributed by atoms with Crippen LogP contribution >= 0.6 is 0 Å². The molecule has 0 saturated carbocycles. The Morgan fingerprint density at radius 1 is 1.33 bits per heavy atom. The van der Waals surface area contributed by atoms with Crippen molar-refractivity contribution in [2.75, 3.05) is 0 Å². The Balaban J connectivity index is 2.86. The summed E-state index contributed by atoms with van der Waals surface area (Å²) >= 11 is 2.66. The normalized spacial score (nSPS) is 17.0. The second-order valence-corrected chi connectivity index (χ2v) is 1.61. The summed E-state index contributed by atoms with van der Waals surface area (Å²) in [5.41, 5.74) is 0. The zero-order valence-corrected chi connectivity index (χ0v) is 4.67. The molecule has 0 fully saturated rings. The summed E-state index contributed by atoms with van der Waals surface area (Å²) in [5, 5.41) is 0. The summed E-state index contributed by atoms with van der Waals surface area (Å²) in [5.74, 6) is 0. The van der Waals surface area contributed by atoms with E-state index in [9.17, 15) is 0 Å². The molecule has 0 aromatic heterocycles. The molecule has 0 bridgehead atoms. The molecule has 0 atom stereocenters. The van der Waals surface area contributed by atoms with Crippen LogP contribution in [0.5, 0.6) is 0 Å². The monoisotopic (exact) mass is 146 g/mol. The molecule has 1 aliphatic rings. The molecule has 3 heteroatoms. The van der Waals surface area contributed by atoms with Crippen molar-refractivity contribution in [1.29, 1.82) is 0 Å². The van der Waals surface area contributed by atoms with E-state index < -0.39 is 0 Å². The van der Waals surface area contributed by atoms with Gasteiger partial charge in [0.25, 0.3) is 0 Å². The van der Waals surface area contributed by atoms with Gasteiger partial charge in [0.05, 0.1) is 0 Å². The quantitative estimate of drug-likeness (QED) is 0.406. The molecular formula is C3H2N2Se. The van der Waals surface area contributed by atoms with E-state index in [1.807, 2.05) is 0 Å². The van der Waals surface area contributed by atoms with Crippen molar-refractivity contribution in [3.8, 4) is 0 Å². The van der Waals surface area contributed by atoms with Gasteiger partial charge in [-0.2, -0.15) is 0 Å². The average molecular weight is 145 g/mol. The van der Waals surface area contributed by atoms with Crippen LogP contribution in [0.3, 0.4) is 0 Å². The third kappa shape index (κ3) is 0.614. The first-order chi connectivity index (χ1) is 2.89. The van der Waals surface area contributed by atoms with Crippen LogP contribution in [0, 0.1) is 0 Å². The van der Waals surface area contributed by atoms with E-state index in [0.717, 1.165) is 4.67 Å². The summed E-state index contributed by atoms with van der Waals surface area (Å²) in [4.78, 5) is 7.50. The van der Waals surface area contributed by atoms with Crippen molar-refractivity contribution >= 4 is 32.7 Å². The third-order valence-corrected chi connectivity index (χ3v) is 0.879. The van der Waals surface area contributed by atoms with Gasteiger partial charge in [-0.05, 0) is 0 Å². The van der Waals surface area contributed by atoms with Crippen LogP contribution in [0.15, 0.2) is 9.98 Å². The van der Waals surface area contributed by atoms with Gasteiger partial charge < -0.3 is 0 Å². The summed E-state index contributed by atoms with van der Waals surface area (Å²) in [6.45, 7) is 0. The Bertz CT molecular complexity index is 111. The van der Waals surface area contributed by atoms with E-state index >= 15 is 0 Å². The number of hydrogen-bond acceptors (Lipinski definition) is 2. The third-order valence-electron chi connectivity index (χ3n) is 0.437. The van der Waals surface area contributed by atoms with Crippen LogP contribution in [0.4, 0.5) is 0 Å². The Hall–Kier alpha value is -0.271. The molecule has 1 heterocycles. The Kier molecular flexibility index (Phi) is 0.945. The molecule has 1 rings (SSSR count). The summed E-state index contributed by atoms with van der Waals surface area (Å²) < 4.78 is 0.718. The number of rotatable bonds is 0. The molecule has 0 N–H and O–H groups in total. The minimum atomic E-state index is 0.718. The van der Waals surface area contributed by atoms with Crippen molar-refractivity contribution in [2.45, 2.75) is 0 Å². The molecule has 0 amide bonds. The van der Waals surface area contributed by atoms with E-state index in [-0.39, 0.29) is 0 Å². The molecule has 0 unspecified atom stereocenters. The summed E-state index contributed by atoms with van der Waals surface area (Å²) in [6.07, 6.45) is 3.29. The zero-order chi connectivity index (χ0) is 4.41. The molecule has 30 valence electrons. The molecule has 0 spiro atoms. The molecule has 2 nitrogen and oxygen atoms in total. The van der Waals surface area contributed by atoms with Crippen molar-refractivity contribution in [3.05, 3.63) is 0 Å². The molecule has 0 aromatic carbocycles. The second-order valence-electron chi connectivity index (χ2n) is 0.839. The minimum absolute atomic E-state index is 0.718. The van der Waals surface area contributed by atoms with Crippen molar-refractivity contribution in [3.63, 3.8) is 0 Å². The molecule has 0 aromatic rings. The van der Waals surface area contributed by atoms with Gasteiger partial charge in [-0.1, -0.05) is 0 Å². The van der Waals surface area contributed by atoms with Crippen LogP contribution in [0.1, 0.15) is 0 Å². The van der Waals surface area contributed by atoms with Crippen LogP contribution in [-0.2, 0) is 0 Å². The van der Waals surface area contributed by atoms with Gasteiger partial charge in [-0.3, -0.25) is 0 Å². The fourth-order valence-corrected chi connectivity index (χ4v) is 0.483. The SMILES string of the molecule is [Se]=C1N=CC=N1. The fraction of sp³-hybridized carbons (Fsp3) is 0. The Morgan fingerprint density at radius 3 is 2.00 bits per heavy atom. The van der Waals surface area contributed by atoms with Gasteiger partial charge in [-0.25, -0.2) is 0 Å². The summed E-state index contributed by atoms with van der Waals surface area (Å²) in [6, 6.07) is 0. The van der Waals surface area contributed by atoms with Gasteiger partial charge in [0.15, 0.2) is 0 Å². The van der Waals surface area contributed by atoms with E-state index in [2.05, 4.69) is 25.6 Å². The molecule has 0 radical (unpaired) electrons. The number of nitrogens with zero attached hydrogens (tertiary/aromatic N) is 2. The zero-order valence-electron chi connectivity index (χ0n) is 2.96.